The first-order valence-corrected chi connectivity index (χ1v) is 8.29. The highest BCUT2D eigenvalue weighted by atomic mass is 32.1. The predicted octanol–water partition coefficient (Wildman–Crippen LogP) is 2.32. The van der Waals surface area contributed by atoms with Crippen molar-refractivity contribution in [1.82, 2.24) is 4.98 Å². The fourth-order valence-electron chi connectivity index (χ4n) is 1.82. The molecule has 1 N–H and O–H groups in total. The molecule has 0 saturated carbocycles. The number of thiazole rings is 1. The van der Waals surface area contributed by atoms with E-state index in [1.807, 2.05) is 0 Å². The van der Waals surface area contributed by atoms with Crippen molar-refractivity contribution in [2.45, 2.75) is 13.3 Å². The lowest BCUT2D eigenvalue weighted by Gasteiger charge is -2.05. The highest BCUT2D eigenvalue weighted by Gasteiger charge is 2.16. The zero-order valence-corrected chi connectivity index (χ0v) is 14.4. The zero-order chi connectivity index (χ0) is 19.1. The van der Waals surface area contributed by atoms with Crippen LogP contribution in [0.4, 0.5) is 13.9 Å². The van der Waals surface area contributed by atoms with E-state index in [4.69, 9.17) is 4.74 Å². The Morgan fingerprint density at radius 3 is 2.69 bits per heavy atom. The molecule has 1 heterocycles. The van der Waals surface area contributed by atoms with Gasteiger partial charge in [0.15, 0.2) is 11.7 Å². The molecule has 0 radical (unpaired) electrons. The summed E-state index contributed by atoms with van der Waals surface area (Å²) in [5.74, 6) is -4.15. The Hall–Kier alpha value is -2.88. The molecule has 0 spiro atoms. The van der Waals surface area contributed by atoms with Crippen LogP contribution in [-0.4, -0.2) is 36.0 Å². The molecule has 138 valence electrons. The summed E-state index contributed by atoms with van der Waals surface area (Å²) in [5, 5.41) is 4.17. The van der Waals surface area contributed by atoms with Crippen LogP contribution in [0.5, 0.6) is 0 Å². The van der Waals surface area contributed by atoms with Gasteiger partial charge >= 0.3 is 11.9 Å². The van der Waals surface area contributed by atoms with Crippen molar-refractivity contribution in [3.63, 3.8) is 0 Å². The van der Waals surface area contributed by atoms with Crippen LogP contribution in [0.15, 0.2) is 23.6 Å². The molecule has 0 aliphatic heterocycles. The maximum Gasteiger partial charge on any atom is 0.341 e. The number of carbonyl (C=O) groups excluding carboxylic acids is 3. The molecule has 26 heavy (non-hydrogen) atoms. The molecule has 7 nitrogen and oxygen atoms in total. The molecule has 2 rings (SSSR count). The largest absolute Gasteiger partial charge is 0.466 e. The molecule has 10 heteroatoms. The van der Waals surface area contributed by atoms with E-state index in [2.05, 4.69) is 15.0 Å². The van der Waals surface area contributed by atoms with E-state index in [9.17, 15) is 23.2 Å². The van der Waals surface area contributed by atoms with Crippen molar-refractivity contribution in [3.8, 4) is 0 Å². The lowest BCUT2D eigenvalue weighted by Crippen LogP contribution is -2.21. The van der Waals surface area contributed by atoms with E-state index >= 15 is 0 Å². The number of nitrogens with one attached hydrogen (secondary N) is 1. The smallest absolute Gasteiger partial charge is 0.341 e. The van der Waals surface area contributed by atoms with Gasteiger partial charge in [0.25, 0.3) is 5.91 Å². The van der Waals surface area contributed by atoms with Crippen molar-refractivity contribution in [1.29, 1.82) is 0 Å². The summed E-state index contributed by atoms with van der Waals surface area (Å²) in [7, 11) is 0. The number of hydrogen-bond donors (Lipinski definition) is 1. The molecule has 2 aromatic rings. The number of esters is 2. The van der Waals surface area contributed by atoms with E-state index < -0.39 is 41.7 Å². The molecule has 0 aliphatic carbocycles. The van der Waals surface area contributed by atoms with Crippen LogP contribution >= 0.6 is 11.3 Å². The van der Waals surface area contributed by atoms with Gasteiger partial charge in [-0.2, -0.15) is 0 Å². The van der Waals surface area contributed by atoms with Gasteiger partial charge in [0.1, 0.15) is 11.6 Å². The molecule has 0 aliphatic rings. The SMILES string of the molecule is CCOC(=O)Cc1csc(NC(=O)COC(=O)c2ccc(F)cc2F)n1. The second-order valence-electron chi connectivity index (χ2n) is 4.87. The Kier molecular flexibility index (Phi) is 6.73. The molecular weight excluding hydrogens is 370 g/mol. The summed E-state index contributed by atoms with van der Waals surface area (Å²) < 4.78 is 35.7. The van der Waals surface area contributed by atoms with E-state index in [0.29, 0.717) is 11.8 Å². The third-order valence-corrected chi connectivity index (χ3v) is 3.72. The van der Waals surface area contributed by atoms with Crippen molar-refractivity contribution in [2.24, 2.45) is 0 Å². The van der Waals surface area contributed by atoms with Gasteiger partial charge in [-0.3, -0.25) is 14.9 Å². The summed E-state index contributed by atoms with van der Waals surface area (Å²) in [4.78, 5) is 38.8. The fraction of sp³-hybridized carbons (Fsp3) is 0.250. The number of hydrogen-bond acceptors (Lipinski definition) is 7. The van der Waals surface area contributed by atoms with Gasteiger partial charge < -0.3 is 9.47 Å². The van der Waals surface area contributed by atoms with Crippen LogP contribution in [0.25, 0.3) is 0 Å². The standard InChI is InChI=1S/C16H14F2N2O5S/c1-2-24-14(22)6-10-8-26-16(19-10)20-13(21)7-25-15(23)11-4-3-9(17)5-12(11)18/h3-5,8H,2,6-7H2,1H3,(H,19,20,21). The number of nitrogens with zero attached hydrogens (tertiary/aromatic N) is 1. The number of halogens is 2. The lowest BCUT2D eigenvalue weighted by molar-refractivity contribution is -0.142. The summed E-state index contributed by atoms with van der Waals surface area (Å²) in [6.07, 6.45) is -0.0287. The minimum Gasteiger partial charge on any atom is -0.466 e. The summed E-state index contributed by atoms with van der Waals surface area (Å²) in [6.45, 7) is 1.26. The second kappa shape index (κ2) is 8.99. The van der Waals surface area contributed by atoms with Crippen LogP contribution in [-0.2, 0) is 25.5 Å². The summed E-state index contributed by atoms with van der Waals surface area (Å²) in [6, 6.07) is 2.37. The maximum atomic E-state index is 13.4. The van der Waals surface area contributed by atoms with Crippen LogP contribution in [0.2, 0.25) is 0 Å². The molecule has 1 amide bonds. The fourth-order valence-corrected chi connectivity index (χ4v) is 2.55. The Bertz CT molecular complexity index is 825. The third kappa shape index (κ3) is 5.59. The molecule has 1 aromatic heterocycles. The van der Waals surface area contributed by atoms with Gasteiger partial charge in [0.2, 0.25) is 0 Å². The lowest BCUT2D eigenvalue weighted by atomic mass is 10.2. The monoisotopic (exact) mass is 384 g/mol. The number of aromatic nitrogens is 1. The van der Waals surface area contributed by atoms with E-state index in [1.165, 1.54) is 0 Å². The third-order valence-electron chi connectivity index (χ3n) is 2.91. The predicted molar refractivity (Wildman–Crippen MR) is 87.7 cm³/mol. The Morgan fingerprint density at radius 1 is 1.23 bits per heavy atom. The highest BCUT2D eigenvalue weighted by molar-refractivity contribution is 7.13. The van der Waals surface area contributed by atoms with Gasteiger partial charge in [-0.15, -0.1) is 11.3 Å². The number of ether oxygens (including phenoxy) is 2. The first-order chi connectivity index (χ1) is 12.4. The zero-order valence-electron chi connectivity index (χ0n) is 13.6. The normalized spacial score (nSPS) is 10.3. The maximum absolute atomic E-state index is 13.4. The van der Waals surface area contributed by atoms with Crippen LogP contribution in [0, 0.1) is 11.6 Å². The summed E-state index contributed by atoms with van der Waals surface area (Å²) >= 11 is 1.08. The average molecular weight is 384 g/mol. The van der Waals surface area contributed by atoms with Crippen molar-refractivity contribution in [2.75, 3.05) is 18.5 Å². The van der Waals surface area contributed by atoms with Crippen LogP contribution < -0.4 is 5.32 Å². The summed E-state index contributed by atoms with van der Waals surface area (Å²) in [5.41, 5.74) is -0.0562. The van der Waals surface area contributed by atoms with E-state index in [1.54, 1.807) is 12.3 Å². The minimum absolute atomic E-state index is 0.0287. The topological polar surface area (TPSA) is 94.6 Å². The average Bonchev–Trinajstić information content (AvgIpc) is 2.99. The first kappa shape index (κ1) is 19.4. The Balaban J connectivity index is 1.84. The molecule has 0 saturated heterocycles. The number of benzene rings is 1. The van der Waals surface area contributed by atoms with Gasteiger partial charge in [0, 0.05) is 11.4 Å². The number of amides is 1. The molecule has 0 fully saturated rings. The van der Waals surface area contributed by atoms with Crippen LogP contribution in [0.1, 0.15) is 23.0 Å². The minimum atomic E-state index is -1.10. The van der Waals surface area contributed by atoms with E-state index in [0.717, 1.165) is 23.5 Å². The molecular formula is C16H14F2N2O5S. The van der Waals surface area contributed by atoms with E-state index in [-0.39, 0.29) is 18.2 Å². The number of carbonyl (C=O) groups is 3. The molecule has 0 unspecified atom stereocenters. The number of rotatable bonds is 7. The Labute approximate surface area is 150 Å². The quantitative estimate of drug-likeness (QED) is 0.737. The van der Waals surface area contributed by atoms with Gasteiger partial charge in [-0.25, -0.2) is 18.6 Å². The molecule has 1 aromatic carbocycles. The van der Waals surface area contributed by atoms with Crippen molar-refractivity contribution in [3.05, 3.63) is 46.5 Å². The van der Waals surface area contributed by atoms with Crippen LogP contribution in [0.3, 0.4) is 0 Å². The van der Waals surface area contributed by atoms with Gasteiger partial charge in [-0.1, -0.05) is 0 Å². The molecule has 0 atom stereocenters. The number of anilines is 1. The van der Waals surface area contributed by atoms with Crippen molar-refractivity contribution >= 4 is 34.3 Å². The first-order valence-electron chi connectivity index (χ1n) is 7.41. The highest BCUT2D eigenvalue weighted by Crippen LogP contribution is 2.16. The molecule has 0 bridgehead atoms. The van der Waals surface area contributed by atoms with Gasteiger partial charge in [-0.05, 0) is 19.1 Å². The van der Waals surface area contributed by atoms with Gasteiger partial charge in [0.05, 0.1) is 24.3 Å². The Morgan fingerprint density at radius 2 is 2.00 bits per heavy atom. The van der Waals surface area contributed by atoms with Crippen molar-refractivity contribution < 1.29 is 32.6 Å². The second-order valence-corrected chi connectivity index (χ2v) is 5.73.